The van der Waals surface area contributed by atoms with Crippen LogP contribution in [-0.4, -0.2) is 40.6 Å². The zero-order chi connectivity index (χ0) is 21.1. The summed E-state index contributed by atoms with van der Waals surface area (Å²) in [6.07, 6.45) is 0. The van der Waals surface area contributed by atoms with Crippen LogP contribution in [0, 0.1) is 6.92 Å². The van der Waals surface area contributed by atoms with Crippen LogP contribution in [0.1, 0.15) is 21.6 Å². The van der Waals surface area contributed by atoms with Gasteiger partial charge < -0.3 is 14.2 Å². The second-order valence-corrected chi connectivity index (χ2v) is 7.61. The molecule has 0 aliphatic rings. The van der Waals surface area contributed by atoms with Gasteiger partial charge >= 0.3 is 5.97 Å². The van der Waals surface area contributed by atoms with Crippen LogP contribution in [0.15, 0.2) is 57.7 Å². The molecule has 0 fully saturated rings. The van der Waals surface area contributed by atoms with E-state index >= 15 is 0 Å². The van der Waals surface area contributed by atoms with Crippen molar-refractivity contribution in [1.29, 1.82) is 0 Å². The second-order valence-electron chi connectivity index (χ2n) is 6.83. The first-order valence-electron chi connectivity index (χ1n) is 9.27. The number of hydrogen-bond donors (Lipinski definition) is 0. The molecule has 0 spiro atoms. The van der Waals surface area contributed by atoms with E-state index in [9.17, 15) is 9.59 Å². The van der Waals surface area contributed by atoms with Gasteiger partial charge in [-0.05, 0) is 35.4 Å². The molecular weight excluding hydrogens is 402 g/mol. The van der Waals surface area contributed by atoms with Crippen LogP contribution in [0.4, 0.5) is 0 Å². The lowest BCUT2D eigenvalue weighted by Crippen LogP contribution is -2.30. The van der Waals surface area contributed by atoms with Crippen molar-refractivity contribution in [2.75, 3.05) is 13.7 Å². The van der Waals surface area contributed by atoms with E-state index in [-0.39, 0.29) is 23.8 Å². The number of hydrogen-bond acceptors (Lipinski definition) is 7. The Morgan fingerprint density at radius 3 is 2.73 bits per heavy atom. The van der Waals surface area contributed by atoms with E-state index in [4.69, 9.17) is 9.26 Å². The number of rotatable bonds is 6. The number of pyridine rings is 1. The third kappa shape index (κ3) is 4.08. The number of aromatic nitrogens is 2. The van der Waals surface area contributed by atoms with Crippen LogP contribution in [-0.2, 0) is 16.1 Å². The highest BCUT2D eigenvalue weighted by Gasteiger charge is 2.22. The van der Waals surface area contributed by atoms with E-state index in [0.717, 1.165) is 11.1 Å². The van der Waals surface area contributed by atoms with Gasteiger partial charge in [-0.1, -0.05) is 35.5 Å². The molecule has 4 aromatic rings. The number of nitrogens with zero attached hydrogens (tertiary/aromatic N) is 3. The summed E-state index contributed by atoms with van der Waals surface area (Å²) in [6.45, 7) is 1.84. The van der Waals surface area contributed by atoms with Crippen molar-refractivity contribution >= 4 is 34.3 Å². The third-order valence-electron chi connectivity index (χ3n) is 4.66. The molecule has 0 unspecified atom stereocenters. The van der Waals surface area contributed by atoms with Crippen molar-refractivity contribution in [2.45, 2.75) is 13.5 Å². The number of ether oxygens (including phenoxy) is 1. The molecule has 0 radical (unpaired) electrons. The fourth-order valence-electron chi connectivity index (χ4n) is 3.07. The fraction of sp³-hybridized carbons (Fsp3) is 0.182. The van der Waals surface area contributed by atoms with Crippen LogP contribution in [0.5, 0.6) is 0 Å². The number of fused-ring (bicyclic) bond motifs is 1. The monoisotopic (exact) mass is 421 g/mol. The number of esters is 1. The number of benzene rings is 1. The molecule has 1 amide bonds. The van der Waals surface area contributed by atoms with Gasteiger partial charge in [-0.25, -0.2) is 9.78 Å². The molecule has 7 nitrogen and oxygen atoms in total. The van der Waals surface area contributed by atoms with Crippen LogP contribution >= 0.6 is 11.3 Å². The predicted molar refractivity (Wildman–Crippen MR) is 113 cm³/mol. The van der Waals surface area contributed by atoms with Gasteiger partial charge in [0.25, 0.3) is 11.6 Å². The van der Waals surface area contributed by atoms with Gasteiger partial charge in [0.15, 0.2) is 6.61 Å². The normalized spacial score (nSPS) is 10.9. The fourth-order valence-corrected chi connectivity index (χ4v) is 3.73. The largest absolute Gasteiger partial charge is 0.452 e. The van der Waals surface area contributed by atoms with Crippen molar-refractivity contribution in [3.05, 3.63) is 70.0 Å². The Kier molecular flexibility index (Phi) is 5.58. The molecule has 3 heterocycles. The first kappa shape index (κ1) is 19.8. The topological polar surface area (TPSA) is 85.5 Å². The Hall–Kier alpha value is -3.52. The van der Waals surface area contributed by atoms with Crippen molar-refractivity contribution < 1.29 is 18.8 Å². The van der Waals surface area contributed by atoms with Crippen LogP contribution in [0.2, 0.25) is 0 Å². The number of carbonyl (C=O) groups is 2. The molecule has 0 aliphatic carbocycles. The summed E-state index contributed by atoms with van der Waals surface area (Å²) in [4.78, 5) is 31.2. The van der Waals surface area contributed by atoms with Crippen molar-refractivity contribution in [3.63, 3.8) is 0 Å². The maximum absolute atomic E-state index is 12.8. The zero-order valence-electron chi connectivity index (χ0n) is 16.5. The first-order valence-corrected chi connectivity index (χ1v) is 10.2. The number of carbonyl (C=O) groups excluding carboxylic acids is 2. The van der Waals surface area contributed by atoms with Crippen molar-refractivity contribution in [2.24, 2.45) is 0 Å². The standard InChI is InChI=1S/C22H19N3O4S/c1-14-20-17(10-18(23-21(20)29-24-14)16-6-4-3-5-7-16)22(27)28-12-19(26)25(2)11-15-8-9-30-13-15/h3-10,13H,11-12H2,1-2H3. The summed E-state index contributed by atoms with van der Waals surface area (Å²) in [5, 5.41) is 8.33. The third-order valence-corrected chi connectivity index (χ3v) is 5.39. The van der Waals surface area contributed by atoms with Gasteiger partial charge in [0, 0.05) is 19.2 Å². The maximum atomic E-state index is 12.8. The minimum atomic E-state index is -0.622. The minimum Gasteiger partial charge on any atom is -0.452 e. The molecule has 0 atom stereocenters. The van der Waals surface area contributed by atoms with Crippen LogP contribution in [0.3, 0.4) is 0 Å². The average Bonchev–Trinajstić information content (AvgIpc) is 3.41. The molecule has 0 aliphatic heterocycles. The summed E-state index contributed by atoms with van der Waals surface area (Å²) < 4.78 is 10.6. The lowest BCUT2D eigenvalue weighted by atomic mass is 10.1. The molecule has 4 rings (SSSR count). The Morgan fingerprint density at radius 1 is 1.20 bits per heavy atom. The molecular formula is C22H19N3O4S. The van der Waals surface area contributed by atoms with Gasteiger partial charge in [-0.2, -0.15) is 11.3 Å². The zero-order valence-corrected chi connectivity index (χ0v) is 17.3. The molecule has 8 heteroatoms. The summed E-state index contributed by atoms with van der Waals surface area (Å²) in [6, 6.07) is 13.0. The lowest BCUT2D eigenvalue weighted by Gasteiger charge is -2.16. The smallest absolute Gasteiger partial charge is 0.339 e. The first-order chi connectivity index (χ1) is 14.5. The van der Waals surface area contributed by atoms with E-state index in [1.165, 1.54) is 4.90 Å². The number of thiophene rings is 1. The second kappa shape index (κ2) is 8.46. The highest BCUT2D eigenvalue weighted by molar-refractivity contribution is 7.07. The van der Waals surface area contributed by atoms with Crippen LogP contribution < -0.4 is 0 Å². The summed E-state index contributed by atoms with van der Waals surface area (Å²) in [5.74, 6) is -0.909. The van der Waals surface area contributed by atoms with E-state index in [2.05, 4.69) is 10.1 Å². The SMILES string of the molecule is Cc1noc2nc(-c3ccccc3)cc(C(=O)OCC(=O)N(C)Cc3ccsc3)c12. The Balaban J connectivity index is 1.55. The number of likely N-dealkylation sites (N-methyl/N-ethyl adjacent to an activating group) is 1. The molecule has 30 heavy (non-hydrogen) atoms. The van der Waals surface area contributed by atoms with Gasteiger partial charge in [0.05, 0.1) is 22.3 Å². The number of amides is 1. The Labute approximate surface area is 176 Å². The van der Waals surface area contributed by atoms with Crippen LogP contribution in [0.25, 0.3) is 22.4 Å². The molecule has 1 aromatic carbocycles. The van der Waals surface area contributed by atoms with Crippen molar-refractivity contribution in [3.8, 4) is 11.3 Å². The molecule has 0 N–H and O–H groups in total. The van der Waals surface area contributed by atoms with Gasteiger partial charge in [0.2, 0.25) is 0 Å². The van der Waals surface area contributed by atoms with E-state index < -0.39 is 5.97 Å². The highest BCUT2D eigenvalue weighted by Crippen LogP contribution is 2.27. The Morgan fingerprint density at radius 2 is 2.00 bits per heavy atom. The number of aryl methyl sites for hydroxylation is 1. The summed E-state index contributed by atoms with van der Waals surface area (Å²) in [5.41, 5.74) is 3.48. The van der Waals surface area contributed by atoms with Gasteiger partial charge in [-0.15, -0.1) is 0 Å². The van der Waals surface area contributed by atoms with E-state index in [1.54, 1.807) is 31.4 Å². The van der Waals surface area contributed by atoms with Gasteiger partial charge in [-0.3, -0.25) is 4.79 Å². The van der Waals surface area contributed by atoms with E-state index in [1.807, 2.05) is 47.2 Å². The average molecular weight is 421 g/mol. The quantitative estimate of drug-likeness (QED) is 0.436. The minimum absolute atomic E-state index is 0.252. The molecule has 0 saturated carbocycles. The van der Waals surface area contributed by atoms with E-state index in [0.29, 0.717) is 23.3 Å². The molecule has 152 valence electrons. The molecule has 0 saturated heterocycles. The van der Waals surface area contributed by atoms with Crippen molar-refractivity contribution in [1.82, 2.24) is 15.0 Å². The lowest BCUT2D eigenvalue weighted by molar-refractivity contribution is -0.133. The molecule has 0 bridgehead atoms. The predicted octanol–water partition coefficient (Wildman–Crippen LogP) is 4.08. The van der Waals surface area contributed by atoms with Gasteiger partial charge in [0.1, 0.15) is 0 Å². The Bertz CT molecular complexity index is 1190. The summed E-state index contributed by atoms with van der Waals surface area (Å²) in [7, 11) is 1.68. The maximum Gasteiger partial charge on any atom is 0.339 e. The highest BCUT2D eigenvalue weighted by atomic mass is 32.1. The molecule has 3 aromatic heterocycles. The summed E-state index contributed by atoms with van der Waals surface area (Å²) >= 11 is 1.57.